The molecule has 2 saturated heterocycles. The minimum absolute atomic E-state index is 0.0387. The molecular weight excluding hydrogens is 457 g/mol. The first-order valence-electron chi connectivity index (χ1n) is 12.3. The summed E-state index contributed by atoms with van der Waals surface area (Å²) in [5, 5.41) is 16.9. The summed E-state index contributed by atoms with van der Waals surface area (Å²) in [7, 11) is 4.01. The minimum atomic E-state index is -0.628. The number of piperidine rings is 1. The Bertz CT molecular complexity index is 1450. The standard InChI is InChI=1S/C27H28FN7O/c1-32-15-20-11-21(5-6-24(20)33(32)2)35-26(36)13-25(34-10-8-23-19(16-34)7-9-30-23)31-27(35)17-3-4-18(14-29)22(28)12-17/h3-6,11-13,19,23,30H,7-10,15-16H2,1-2H3. The highest BCUT2D eigenvalue weighted by Gasteiger charge is 2.33. The summed E-state index contributed by atoms with van der Waals surface area (Å²) in [6.45, 7) is 3.40. The van der Waals surface area contributed by atoms with Crippen molar-refractivity contribution in [2.75, 3.05) is 43.6 Å². The molecule has 2 aromatic carbocycles. The van der Waals surface area contributed by atoms with Gasteiger partial charge < -0.3 is 15.2 Å². The monoisotopic (exact) mass is 485 g/mol. The molecule has 2 atom stereocenters. The fourth-order valence-corrected chi connectivity index (χ4v) is 5.77. The Labute approximate surface area is 209 Å². The molecule has 3 aromatic rings. The Morgan fingerprint density at radius 2 is 2.00 bits per heavy atom. The number of nitrogens with one attached hydrogen (secondary N) is 1. The number of hydrogen-bond donors (Lipinski definition) is 1. The van der Waals surface area contributed by atoms with Crippen molar-refractivity contribution in [2.24, 2.45) is 5.92 Å². The molecule has 2 unspecified atom stereocenters. The van der Waals surface area contributed by atoms with Crippen LogP contribution in [-0.2, 0) is 6.54 Å². The van der Waals surface area contributed by atoms with E-state index in [-0.39, 0.29) is 11.1 Å². The molecule has 0 saturated carbocycles. The van der Waals surface area contributed by atoms with Crippen molar-refractivity contribution < 1.29 is 4.39 Å². The highest BCUT2D eigenvalue weighted by atomic mass is 19.1. The third-order valence-electron chi connectivity index (χ3n) is 7.81. The zero-order valence-electron chi connectivity index (χ0n) is 20.4. The Morgan fingerprint density at radius 3 is 2.81 bits per heavy atom. The molecule has 0 amide bonds. The highest BCUT2D eigenvalue weighted by molar-refractivity contribution is 5.65. The number of fused-ring (bicyclic) bond motifs is 2. The van der Waals surface area contributed by atoms with Crippen LogP contribution in [0.1, 0.15) is 24.0 Å². The molecule has 3 aliphatic rings. The smallest absolute Gasteiger partial charge is 0.260 e. The average molecular weight is 486 g/mol. The zero-order chi connectivity index (χ0) is 25.0. The average Bonchev–Trinajstić information content (AvgIpc) is 3.46. The number of halogens is 1. The summed E-state index contributed by atoms with van der Waals surface area (Å²) < 4.78 is 16.2. The van der Waals surface area contributed by atoms with Gasteiger partial charge >= 0.3 is 0 Å². The second-order valence-corrected chi connectivity index (χ2v) is 9.91. The first-order chi connectivity index (χ1) is 17.4. The van der Waals surface area contributed by atoms with Crippen molar-refractivity contribution in [1.82, 2.24) is 19.9 Å². The van der Waals surface area contributed by atoms with E-state index in [1.54, 1.807) is 16.7 Å². The Morgan fingerprint density at radius 1 is 1.14 bits per heavy atom. The lowest BCUT2D eigenvalue weighted by atomic mass is 9.93. The lowest BCUT2D eigenvalue weighted by Crippen LogP contribution is -2.45. The predicted molar refractivity (Wildman–Crippen MR) is 137 cm³/mol. The van der Waals surface area contributed by atoms with E-state index in [1.807, 2.05) is 38.4 Å². The van der Waals surface area contributed by atoms with Crippen LogP contribution < -0.4 is 20.8 Å². The van der Waals surface area contributed by atoms with Crippen LogP contribution in [0.25, 0.3) is 17.1 Å². The molecule has 3 aliphatic heterocycles. The van der Waals surface area contributed by atoms with Crippen molar-refractivity contribution in [3.63, 3.8) is 0 Å². The van der Waals surface area contributed by atoms with E-state index in [9.17, 15) is 14.4 Å². The number of nitrogens with zero attached hydrogens (tertiary/aromatic N) is 6. The van der Waals surface area contributed by atoms with E-state index in [0.29, 0.717) is 34.9 Å². The van der Waals surface area contributed by atoms with Gasteiger partial charge in [0.15, 0.2) is 0 Å². The van der Waals surface area contributed by atoms with Crippen LogP contribution in [0.2, 0.25) is 0 Å². The van der Waals surface area contributed by atoms with Gasteiger partial charge in [-0.3, -0.25) is 9.36 Å². The van der Waals surface area contributed by atoms with Crippen LogP contribution in [0, 0.1) is 23.1 Å². The second-order valence-electron chi connectivity index (χ2n) is 9.91. The molecule has 0 spiro atoms. The number of nitriles is 1. The van der Waals surface area contributed by atoms with Gasteiger partial charge in [0.2, 0.25) is 0 Å². The van der Waals surface area contributed by atoms with Crippen molar-refractivity contribution in [3.8, 4) is 23.1 Å². The molecular formula is C27H28FN7O. The molecule has 4 heterocycles. The van der Waals surface area contributed by atoms with Crippen molar-refractivity contribution >= 4 is 11.5 Å². The normalized spacial score (nSPS) is 21.4. The van der Waals surface area contributed by atoms with E-state index >= 15 is 0 Å². The molecule has 9 heteroatoms. The van der Waals surface area contributed by atoms with Gasteiger partial charge in [0.25, 0.3) is 5.56 Å². The summed E-state index contributed by atoms with van der Waals surface area (Å²) in [6, 6.07) is 14.3. The third kappa shape index (κ3) is 3.74. The Hall–Kier alpha value is -3.74. The molecule has 1 N–H and O–H groups in total. The van der Waals surface area contributed by atoms with E-state index < -0.39 is 5.82 Å². The topological polar surface area (TPSA) is 80.4 Å². The van der Waals surface area contributed by atoms with Crippen LogP contribution in [0.15, 0.2) is 47.3 Å². The summed E-state index contributed by atoms with van der Waals surface area (Å²) in [5.74, 6) is 0.884. The lowest BCUT2D eigenvalue weighted by molar-refractivity contribution is 0.345. The molecule has 2 fully saturated rings. The lowest BCUT2D eigenvalue weighted by Gasteiger charge is -2.35. The summed E-state index contributed by atoms with van der Waals surface area (Å²) in [5.41, 5.74) is 3.06. The van der Waals surface area contributed by atoms with Gasteiger partial charge in [-0.2, -0.15) is 5.26 Å². The summed E-state index contributed by atoms with van der Waals surface area (Å²) in [4.78, 5) is 20.8. The maximum Gasteiger partial charge on any atom is 0.260 e. The van der Waals surface area contributed by atoms with Crippen LogP contribution in [0.3, 0.4) is 0 Å². The molecule has 1 aromatic heterocycles. The van der Waals surface area contributed by atoms with Crippen LogP contribution >= 0.6 is 0 Å². The fourth-order valence-electron chi connectivity index (χ4n) is 5.77. The van der Waals surface area contributed by atoms with Crippen molar-refractivity contribution in [1.29, 1.82) is 5.26 Å². The zero-order valence-corrected chi connectivity index (χ0v) is 20.4. The molecule has 8 nitrogen and oxygen atoms in total. The van der Waals surface area contributed by atoms with Gasteiger partial charge in [0, 0.05) is 51.4 Å². The first-order valence-corrected chi connectivity index (χ1v) is 12.3. The first kappa shape index (κ1) is 22.7. The van der Waals surface area contributed by atoms with E-state index in [1.165, 1.54) is 12.1 Å². The quantitative estimate of drug-likeness (QED) is 0.611. The van der Waals surface area contributed by atoms with Gasteiger partial charge in [-0.25, -0.2) is 14.4 Å². The molecule has 184 valence electrons. The number of hydrazine groups is 1. The number of benzene rings is 2. The van der Waals surface area contributed by atoms with Gasteiger partial charge in [-0.05, 0) is 67.3 Å². The molecule has 6 rings (SSSR count). The highest BCUT2D eigenvalue weighted by Crippen LogP contribution is 2.33. The minimum Gasteiger partial charge on any atom is -0.356 e. The van der Waals surface area contributed by atoms with Gasteiger partial charge in [0.05, 0.1) is 16.9 Å². The van der Waals surface area contributed by atoms with Crippen molar-refractivity contribution in [2.45, 2.75) is 25.4 Å². The van der Waals surface area contributed by atoms with Crippen LogP contribution in [0.4, 0.5) is 15.9 Å². The maximum absolute atomic E-state index is 14.7. The summed E-state index contributed by atoms with van der Waals surface area (Å²) in [6.07, 6.45) is 2.12. The van der Waals surface area contributed by atoms with E-state index in [0.717, 1.165) is 50.3 Å². The fraction of sp³-hybridized carbons (Fsp3) is 0.370. The maximum atomic E-state index is 14.7. The molecule has 0 aliphatic carbocycles. The molecule has 0 radical (unpaired) electrons. The number of anilines is 2. The Balaban J connectivity index is 1.48. The summed E-state index contributed by atoms with van der Waals surface area (Å²) >= 11 is 0. The number of aromatic nitrogens is 2. The van der Waals surface area contributed by atoms with Gasteiger partial charge in [0.1, 0.15) is 23.5 Å². The SMILES string of the molecule is CN1Cc2cc(-n3c(-c4ccc(C#N)c(F)c4)nc(N4CCC5NCCC5C4)cc3=O)ccc2N1C. The van der Waals surface area contributed by atoms with Crippen molar-refractivity contribution in [3.05, 3.63) is 69.8 Å². The third-order valence-corrected chi connectivity index (χ3v) is 7.81. The van der Waals surface area contributed by atoms with E-state index in [2.05, 4.69) is 20.2 Å². The van der Waals surface area contributed by atoms with Crippen LogP contribution in [0.5, 0.6) is 0 Å². The number of hydrogen-bond acceptors (Lipinski definition) is 7. The van der Waals surface area contributed by atoms with Gasteiger partial charge in [-0.1, -0.05) is 0 Å². The van der Waals surface area contributed by atoms with Crippen LogP contribution in [-0.4, -0.2) is 54.3 Å². The van der Waals surface area contributed by atoms with Gasteiger partial charge in [-0.15, -0.1) is 0 Å². The van der Waals surface area contributed by atoms with E-state index in [4.69, 9.17) is 4.98 Å². The second kappa shape index (κ2) is 8.73. The molecule has 36 heavy (non-hydrogen) atoms. The number of rotatable bonds is 3. The molecule has 0 bridgehead atoms. The largest absolute Gasteiger partial charge is 0.356 e. The predicted octanol–water partition coefficient (Wildman–Crippen LogP) is 2.90. The Kier molecular flexibility index (Phi) is 5.51.